The molecule has 0 bridgehead atoms. The molecule has 0 saturated heterocycles. The van der Waals surface area contributed by atoms with Crippen LogP contribution in [0, 0.1) is 0 Å². The van der Waals surface area contributed by atoms with Crippen LogP contribution in [0.1, 0.15) is 116 Å². The van der Waals surface area contributed by atoms with Gasteiger partial charge in [0.05, 0.1) is 0 Å². The van der Waals surface area contributed by atoms with Gasteiger partial charge in [-0.15, -0.1) is 45.8 Å². The molecule has 292 valence electrons. The molecule has 0 atom stereocenters. The van der Waals surface area contributed by atoms with Crippen LogP contribution in [0.3, 0.4) is 0 Å². The van der Waals surface area contributed by atoms with E-state index in [1.807, 2.05) is 0 Å². The average molecular weight is 946 g/mol. The molecule has 0 aliphatic carbocycles. The number of benzene rings is 5. The summed E-state index contributed by atoms with van der Waals surface area (Å²) in [5.74, 6) is 0. The van der Waals surface area contributed by atoms with Gasteiger partial charge in [0.1, 0.15) is 0 Å². The summed E-state index contributed by atoms with van der Waals surface area (Å²) in [7, 11) is 0. The van der Waals surface area contributed by atoms with Crippen molar-refractivity contribution in [1.82, 2.24) is 0 Å². The van der Waals surface area contributed by atoms with Gasteiger partial charge in [-0.05, 0) is 21.7 Å². The van der Waals surface area contributed by atoms with Crippen LogP contribution < -0.4 is 24.8 Å². The fourth-order valence-corrected chi connectivity index (χ4v) is 7.76. The SMILES string of the molecule is CC(C)(C)c1cc(-c2ccc[cH-]2)cc(C(C)(C)C)c1.CC(C)(C)c1ccc2c(c1)[cH-]c1cc(C(C)(C)C)ccc12.[Cl-].[Cl-].[Hf+2]=[C](c1ccccc1)c1ccccc1. The quantitative estimate of drug-likeness (QED) is 0.123. The van der Waals surface area contributed by atoms with E-state index in [0.717, 1.165) is 23.9 Å². The third kappa shape index (κ3) is 12.1. The summed E-state index contributed by atoms with van der Waals surface area (Å²) in [5.41, 5.74) is 11.8. The molecule has 0 fully saturated rings. The van der Waals surface area contributed by atoms with E-state index >= 15 is 0 Å². The summed E-state index contributed by atoms with van der Waals surface area (Å²) in [6, 6.07) is 53.0. The second-order valence-electron chi connectivity index (χ2n) is 18.8. The molecule has 0 aromatic heterocycles. The molecule has 0 aliphatic heterocycles. The first-order chi connectivity index (χ1) is 25.2. The van der Waals surface area contributed by atoms with Gasteiger partial charge in [0.25, 0.3) is 0 Å². The Hall–Kier alpha value is -3.36. The zero-order valence-corrected chi connectivity index (χ0v) is 40.7. The predicted octanol–water partition coefficient (Wildman–Crippen LogP) is 8.78. The molecule has 7 aromatic rings. The summed E-state index contributed by atoms with van der Waals surface area (Å²) in [4.78, 5) is 0. The van der Waals surface area contributed by atoms with Gasteiger partial charge in [-0.1, -0.05) is 153 Å². The van der Waals surface area contributed by atoms with Crippen molar-refractivity contribution in [3.63, 3.8) is 0 Å². The zero-order chi connectivity index (χ0) is 39.5. The molecule has 7 rings (SSSR count). The van der Waals surface area contributed by atoms with Crippen LogP contribution >= 0.6 is 0 Å². The molecule has 0 N–H and O–H groups in total. The van der Waals surface area contributed by atoms with Crippen molar-refractivity contribution in [3.05, 3.63) is 179 Å². The second kappa shape index (κ2) is 18.9. The molecular weight excluding hydrogens is 886 g/mol. The van der Waals surface area contributed by atoms with Crippen LogP contribution in [0.4, 0.5) is 0 Å². The van der Waals surface area contributed by atoms with E-state index < -0.39 is 0 Å². The van der Waals surface area contributed by atoms with Crippen molar-refractivity contribution < 1.29 is 48.7 Å². The van der Waals surface area contributed by atoms with Crippen LogP contribution in [0.25, 0.3) is 32.7 Å². The molecule has 0 nitrogen and oxygen atoms in total. The molecule has 56 heavy (non-hydrogen) atoms. The predicted molar refractivity (Wildman–Crippen MR) is 235 cm³/mol. The van der Waals surface area contributed by atoms with Gasteiger partial charge in [0, 0.05) is 0 Å². The van der Waals surface area contributed by atoms with Crippen molar-refractivity contribution in [2.45, 2.75) is 105 Å². The van der Waals surface area contributed by atoms with Gasteiger partial charge < -0.3 is 24.8 Å². The van der Waals surface area contributed by atoms with Gasteiger partial charge in [-0.2, -0.15) is 23.8 Å². The number of hydrogen-bond acceptors (Lipinski definition) is 0. The molecule has 0 radical (unpaired) electrons. The number of halogens is 2. The van der Waals surface area contributed by atoms with E-state index in [4.69, 9.17) is 0 Å². The van der Waals surface area contributed by atoms with E-state index in [9.17, 15) is 0 Å². The molecule has 0 amide bonds. The molecule has 0 spiro atoms. The molecule has 3 heteroatoms. The Morgan fingerprint density at radius 3 is 1.16 bits per heavy atom. The number of fused-ring (bicyclic) bond motifs is 3. The first kappa shape index (κ1) is 47.0. The van der Waals surface area contributed by atoms with E-state index in [1.165, 1.54) is 69.3 Å². The minimum absolute atomic E-state index is 0. The summed E-state index contributed by atoms with van der Waals surface area (Å²) >= 11 is 1.08. The van der Waals surface area contributed by atoms with Crippen molar-refractivity contribution in [3.8, 4) is 11.1 Å². The standard InChI is InChI=1S/C21H25.C19H25.C13H10.2ClH.Hf/c1-20(2,3)16-7-9-18-14(12-16)11-15-13-17(21(4,5)6)8-10-19(15)18;1-18(2,3)16-11-15(14-9-7-8-10-14)12-17(13-16)19(4,5)6;1-3-7-12(8-4-1)11-13-9-5-2-6-10-13;;;/h7-13H,1-6H3;7-13H,1-6H3;1-10H;2*1H;/q2*-1;;;;+2/p-2. The minimum atomic E-state index is 0. The number of hydrogen-bond donors (Lipinski definition) is 0. The van der Waals surface area contributed by atoms with Crippen molar-refractivity contribution in [2.24, 2.45) is 0 Å². The van der Waals surface area contributed by atoms with E-state index in [2.05, 4.69) is 229 Å². The summed E-state index contributed by atoms with van der Waals surface area (Å²) in [6.07, 6.45) is 0. The monoisotopic (exact) mass is 946 g/mol. The Bertz CT molecular complexity index is 2150. The van der Waals surface area contributed by atoms with E-state index in [-0.39, 0.29) is 46.5 Å². The van der Waals surface area contributed by atoms with Crippen molar-refractivity contribution in [1.29, 1.82) is 0 Å². The first-order valence-corrected chi connectivity index (χ1v) is 21.2. The fourth-order valence-electron chi connectivity index (χ4n) is 6.56. The van der Waals surface area contributed by atoms with Crippen molar-refractivity contribution in [2.75, 3.05) is 0 Å². The summed E-state index contributed by atoms with van der Waals surface area (Å²) in [6.45, 7) is 27.3. The van der Waals surface area contributed by atoms with Crippen LogP contribution in [0.5, 0.6) is 0 Å². The molecule has 7 aromatic carbocycles. The van der Waals surface area contributed by atoms with Gasteiger partial charge in [-0.25, -0.2) is 0 Å². The van der Waals surface area contributed by atoms with Crippen LogP contribution in [-0.4, -0.2) is 3.26 Å². The average Bonchev–Trinajstić information content (AvgIpc) is 3.79. The van der Waals surface area contributed by atoms with E-state index in [0.29, 0.717) is 0 Å². The Kier molecular flexibility index (Phi) is 15.9. The third-order valence-corrected chi connectivity index (χ3v) is 12.3. The maximum absolute atomic E-state index is 2.37. The Balaban J connectivity index is 0.000000225. The van der Waals surface area contributed by atoms with Crippen molar-refractivity contribution >= 4 is 24.8 Å². The third-order valence-electron chi connectivity index (χ3n) is 10.2. The van der Waals surface area contributed by atoms with Gasteiger partial charge in [0.2, 0.25) is 0 Å². The van der Waals surface area contributed by atoms with E-state index in [1.54, 1.807) is 0 Å². The molecule has 0 unspecified atom stereocenters. The topological polar surface area (TPSA) is 0 Å². The summed E-state index contributed by atoms with van der Waals surface area (Å²) in [5, 5.41) is 5.48. The Labute approximate surface area is 365 Å². The van der Waals surface area contributed by atoms with Crippen LogP contribution in [0.15, 0.2) is 146 Å². The van der Waals surface area contributed by atoms with Gasteiger partial charge in [0.15, 0.2) is 0 Å². The normalized spacial score (nSPS) is 11.8. The Morgan fingerprint density at radius 1 is 0.429 bits per heavy atom. The van der Waals surface area contributed by atoms with Crippen LogP contribution in [-0.2, 0) is 45.6 Å². The maximum atomic E-state index is 2.37. The molecule has 0 saturated carbocycles. The van der Waals surface area contributed by atoms with Gasteiger partial charge in [-0.3, -0.25) is 0 Å². The zero-order valence-electron chi connectivity index (χ0n) is 35.6. The molecular formula is C53H60Cl2Hf-2. The summed E-state index contributed by atoms with van der Waals surface area (Å²) < 4.78 is 1.46. The Morgan fingerprint density at radius 2 is 0.821 bits per heavy atom. The second-order valence-corrected chi connectivity index (χ2v) is 20.6. The molecule has 0 heterocycles. The molecule has 0 aliphatic rings. The fraction of sp³-hybridized carbons (Fsp3) is 0.302. The van der Waals surface area contributed by atoms with Gasteiger partial charge >= 0.3 is 98.9 Å². The number of rotatable bonds is 3. The first-order valence-electron chi connectivity index (χ1n) is 19.4. The van der Waals surface area contributed by atoms with Crippen LogP contribution in [0.2, 0.25) is 0 Å².